The Hall–Kier alpha value is -0.580. The summed E-state index contributed by atoms with van der Waals surface area (Å²) in [5.41, 5.74) is 2.34. The second kappa shape index (κ2) is 7.12. The van der Waals surface area contributed by atoms with Crippen molar-refractivity contribution in [3.63, 3.8) is 0 Å². The second-order valence-corrected chi connectivity index (χ2v) is 5.99. The van der Waals surface area contributed by atoms with Crippen molar-refractivity contribution in [3.05, 3.63) is 29.6 Å². The summed E-state index contributed by atoms with van der Waals surface area (Å²) in [4.78, 5) is 7.04. The molecule has 0 bridgehead atoms. The molecular formula is C14H23N3S. The molecule has 0 unspecified atom stereocenters. The largest absolute Gasteiger partial charge is 0.308 e. The van der Waals surface area contributed by atoms with Gasteiger partial charge in [0, 0.05) is 31.4 Å². The van der Waals surface area contributed by atoms with E-state index in [4.69, 9.17) is 4.98 Å². The van der Waals surface area contributed by atoms with Crippen molar-refractivity contribution < 1.29 is 0 Å². The number of nitrogens with zero attached hydrogens (tertiary/aromatic N) is 2. The van der Waals surface area contributed by atoms with Crippen molar-refractivity contribution in [2.45, 2.75) is 32.0 Å². The number of pyridine rings is 1. The molecular weight excluding hydrogens is 242 g/mol. The van der Waals surface area contributed by atoms with Gasteiger partial charge in [-0.3, -0.25) is 9.88 Å². The minimum Gasteiger partial charge on any atom is -0.308 e. The van der Waals surface area contributed by atoms with E-state index < -0.39 is 0 Å². The van der Waals surface area contributed by atoms with Crippen molar-refractivity contribution in [1.29, 1.82) is 0 Å². The van der Waals surface area contributed by atoms with E-state index in [9.17, 15) is 0 Å². The van der Waals surface area contributed by atoms with Gasteiger partial charge in [0.2, 0.25) is 0 Å². The van der Waals surface area contributed by atoms with Crippen LogP contribution in [0, 0.1) is 0 Å². The number of hydrogen-bond donors (Lipinski definition) is 1. The second-order valence-electron chi connectivity index (χ2n) is 5.01. The molecule has 1 fully saturated rings. The summed E-state index contributed by atoms with van der Waals surface area (Å²) in [5.74, 6) is 1.18. The molecule has 1 aromatic rings. The average molecular weight is 265 g/mol. The first-order chi connectivity index (χ1) is 8.78. The molecule has 4 heteroatoms. The van der Waals surface area contributed by atoms with E-state index in [1.165, 1.54) is 24.3 Å². The monoisotopic (exact) mass is 265 g/mol. The van der Waals surface area contributed by atoms with Crippen LogP contribution >= 0.6 is 11.8 Å². The minimum absolute atomic E-state index is 0.750. The molecule has 18 heavy (non-hydrogen) atoms. The lowest BCUT2D eigenvalue weighted by molar-refractivity contribution is 0.344. The van der Waals surface area contributed by atoms with E-state index >= 15 is 0 Å². The third-order valence-corrected chi connectivity index (χ3v) is 3.71. The van der Waals surface area contributed by atoms with E-state index in [-0.39, 0.29) is 0 Å². The van der Waals surface area contributed by atoms with Crippen LogP contribution in [0.15, 0.2) is 18.2 Å². The maximum absolute atomic E-state index is 4.71. The lowest BCUT2D eigenvalue weighted by Gasteiger charge is -2.15. The summed E-state index contributed by atoms with van der Waals surface area (Å²) in [5, 5.41) is 3.51. The van der Waals surface area contributed by atoms with Crippen LogP contribution in [0.25, 0.3) is 0 Å². The molecule has 100 valence electrons. The van der Waals surface area contributed by atoms with Gasteiger partial charge >= 0.3 is 0 Å². The predicted molar refractivity (Wildman–Crippen MR) is 78.8 cm³/mol. The first kappa shape index (κ1) is 13.8. The maximum atomic E-state index is 4.71. The number of nitrogens with one attached hydrogen (secondary N) is 1. The zero-order valence-corrected chi connectivity index (χ0v) is 12.2. The lowest BCUT2D eigenvalue weighted by atomic mass is 10.3. The molecule has 1 saturated carbocycles. The number of hydrogen-bond acceptors (Lipinski definition) is 4. The Morgan fingerprint density at radius 2 is 2.17 bits per heavy atom. The predicted octanol–water partition coefficient (Wildman–Crippen LogP) is 2.13. The lowest BCUT2D eigenvalue weighted by Crippen LogP contribution is -2.22. The van der Waals surface area contributed by atoms with Crippen LogP contribution in [0.5, 0.6) is 0 Å². The zero-order chi connectivity index (χ0) is 12.8. The highest BCUT2D eigenvalue weighted by molar-refractivity contribution is 7.98. The summed E-state index contributed by atoms with van der Waals surface area (Å²) in [7, 11) is 2.16. The molecule has 1 aromatic heterocycles. The van der Waals surface area contributed by atoms with E-state index in [0.29, 0.717) is 0 Å². The molecule has 2 rings (SSSR count). The molecule has 0 spiro atoms. The number of rotatable bonds is 8. The van der Waals surface area contributed by atoms with E-state index in [0.717, 1.165) is 31.4 Å². The van der Waals surface area contributed by atoms with Crippen LogP contribution in [0.2, 0.25) is 0 Å². The molecule has 1 aliphatic carbocycles. The molecule has 0 atom stereocenters. The normalized spacial score (nSPS) is 15.3. The Kier molecular flexibility index (Phi) is 5.47. The molecule has 1 aliphatic rings. The van der Waals surface area contributed by atoms with E-state index in [1.54, 1.807) is 0 Å². The van der Waals surface area contributed by atoms with Gasteiger partial charge in [-0.2, -0.15) is 11.8 Å². The van der Waals surface area contributed by atoms with Gasteiger partial charge in [0.05, 0.1) is 11.4 Å². The van der Waals surface area contributed by atoms with Crippen molar-refractivity contribution in [2.75, 3.05) is 25.6 Å². The van der Waals surface area contributed by atoms with Crippen LogP contribution in [-0.4, -0.2) is 41.5 Å². The number of aromatic nitrogens is 1. The fourth-order valence-corrected chi connectivity index (χ4v) is 2.35. The highest BCUT2D eigenvalue weighted by atomic mass is 32.2. The van der Waals surface area contributed by atoms with Crippen LogP contribution in [0.1, 0.15) is 24.2 Å². The average Bonchev–Trinajstić information content (AvgIpc) is 3.18. The van der Waals surface area contributed by atoms with Crippen LogP contribution in [-0.2, 0) is 13.1 Å². The summed E-state index contributed by atoms with van der Waals surface area (Å²) in [6.07, 6.45) is 4.81. The summed E-state index contributed by atoms with van der Waals surface area (Å²) < 4.78 is 0. The van der Waals surface area contributed by atoms with Crippen LogP contribution in [0.4, 0.5) is 0 Å². The van der Waals surface area contributed by atoms with E-state index in [2.05, 4.69) is 41.7 Å². The van der Waals surface area contributed by atoms with Gasteiger partial charge in [0.1, 0.15) is 0 Å². The highest BCUT2D eigenvalue weighted by Crippen LogP contribution is 2.19. The van der Waals surface area contributed by atoms with Crippen molar-refractivity contribution >= 4 is 11.8 Å². The maximum Gasteiger partial charge on any atom is 0.0547 e. The smallest absolute Gasteiger partial charge is 0.0547 e. The molecule has 0 saturated heterocycles. The Labute approximate surface area is 114 Å². The van der Waals surface area contributed by atoms with Crippen LogP contribution < -0.4 is 5.32 Å². The van der Waals surface area contributed by atoms with Gasteiger partial charge in [-0.05, 0) is 38.3 Å². The zero-order valence-electron chi connectivity index (χ0n) is 11.4. The molecule has 0 aromatic carbocycles. The Bertz CT molecular complexity index is 366. The van der Waals surface area contributed by atoms with Crippen LogP contribution in [0.3, 0.4) is 0 Å². The van der Waals surface area contributed by atoms with Gasteiger partial charge in [0.15, 0.2) is 0 Å². The molecule has 3 nitrogen and oxygen atoms in total. The van der Waals surface area contributed by atoms with Crippen molar-refractivity contribution in [1.82, 2.24) is 15.2 Å². The van der Waals surface area contributed by atoms with Gasteiger partial charge in [-0.1, -0.05) is 6.07 Å². The van der Waals surface area contributed by atoms with Gasteiger partial charge in [0.25, 0.3) is 0 Å². The fourth-order valence-electron chi connectivity index (χ4n) is 1.85. The SMILES string of the molecule is CSCCN(C)Cc1cccc(CNC2CC2)n1. The Balaban J connectivity index is 1.81. The minimum atomic E-state index is 0.750. The summed E-state index contributed by atoms with van der Waals surface area (Å²) in [6.45, 7) is 2.97. The quantitative estimate of drug-likeness (QED) is 0.779. The number of thioether (sulfide) groups is 1. The fraction of sp³-hybridized carbons (Fsp3) is 0.643. The van der Waals surface area contributed by atoms with E-state index in [1.807, 2.05) is 11.8 Å². The summed E-state index contributed by atoms with van der Waals surface area (Å²) >= 11 is 1.89. The van der Waals surface area contributed by atoms with Gasteiger partial charge in [-0.25, -0.2) is 0 Å². The molecule has 0 radical (unpaired) electrons. The summed E-state index contributed by atoms with van der Waals surface area (Å²) in [6, 6.07) is 7.10. The van der Waals surface area contributed by atoms with Crippen molar-refractivity contribution in [3.8, 4) is 0 Å². The van der Waals surface area contributed by atoms with Gasteiger partial charge in [-0.15, -0.1) is 0 Å². The van der Waals surface area contributed by atoms with Gasteiger partial charge < -0.3 is 5.32 Å². The topological polar surface area (TPSA) is 28.2 Å². The third kappa shape index (κ3) is 4.96. The molecule has 0 amide bonds. The standard InChI is InChI=1S/C14H23N3S/c1-17(8-9-18-2)11-14-5-3-4-13(16-14)10-15-12-6-7-12/h3-5,12,15H,6-11H2,1-2H3. The first-order valence-corrected chi connectivity index (χ1v) is 8.03. The molecule has 1 N–H and O–H groups in total. The first-order valence-electron chi connectivity index (χ1n) is 6.63. The Morgan fingerprint density at radius 3 is 2.89 bits per heavy atom. The highest BCUT2D eigenvalue weighted by Gasteiger charge is 2.20. The van der Waals surface area contributed by atoms with Crippen molar-refractivity contribution in [2.24, 2.45) is 0 Å². The third-order valence-electron chi connectivity index (χ3n) is 3.12. The molecule has 0 aliphatic heterocycles. The Morgan fingerprint density at radius 1 is 1.39 bits per heavy atom. The molecule has 1 heterocycles.